The number of nitrogen functional groups attached to an aromatic ring is 1. The van der Waals surface area contributed by atoms with Gasteiger partial charge in [0.05, 0.1) is 18.4 Å². The summed E-state index contributed by atoms with van der Waals surface area (Å²) < 4.78 is 5.47. The van der Waals surface area contributed by atoms with Gasteiger partial charge in [0.25, 0.3) is 0 Å². The zero-order valence-electron chi connectivity index (χ0n) is 11.1. The standard InChI is InChI=1S/C14H21N3O2/c15-14-2-1-12(10-4-6-19-9-10)13(16-14)8-17-5-3-11(18)7-17/h1-2,10-11,18H,3-9H2,(H2,15,16)/t10-,11-/m0/s1. The van der Waals surface area contributed by atoms with Gasteiger partial charge in [-0.2, -0.15) is 0 Å². The summed E-state index contributed by atoms with van der Waals surface area (Å²) in [6.07, 6.45) is 1.71. The van der Waals surface area contributed by atoms with Gasteiger partial charge in [0.15, 0.2) is 0 Å². The lowest BCUT2D eigenvalue weighted by atomic mass is 9.96. The molecule has 0 aliphatic carbocycles. The predicted molar refractivity (Wildman–Crippen MR) is 72.7 cm³/mol. The molecule has 19 heavy (non-hydrogen) atoms. The van der Waals surface area contributed by atoms with Crippen LogP contribution >= 0.6 is 0 Å². The van der Waals surface area contributed by atoms with Gasteiger partial charge in [-0.1, -0.05) is 6.07 Å². The Morgan fingerprint density at radius 1 is 1.42 bits per heavy atom. The molecule has 0 radical (unpaired) electrons. The second-order valence-electron chi connectivity index (χ2n) is 5.51. The smallest absolute Gasteiger partial charge is 0.123 e. The lowest BCUT2D eigenvalue weighted by Crippen LogP contribution is -2.23. The number of β-amino-alcohol motifs (C(OH)–C–C–N with tert-alkyl or cyclic N) is 1. The molecule has 3 N–H and O–H groups in total. The number of aliphatic hydroxyl groups is 1. The second-order valence-corrected chi connectivity index (χ2v) is 5.51. The summed E-state index contributed by atoms with van der Waals surface area (Å²) in [5, 5.41) is 9.61. The molecule has 2 saturated heterocycles. The maximum atomic E-state index is 9.61. The van der Waals surface area contributed by atoms with Gasteiger partial charge < -0.3 is 15.6 Å². The van der Waals surface area contributed by atoms with Crippen LogP contribution < -0.4 is 5.73 Å². The number of likely N-dealkylation sites (tertiary alicyclic amines) is 1. The molecule has 2 aliphatic heterocycles. The molecular formula is C14H21N3O2. The van der Waals surface area contributed by atoms with E-state index in [-0.39, 0.29) is 6.10 Å². The second kappa shape index (κ2) is 5.45. The minimum absolute atomic E-state index is 0.195. The number of aromatic nitrogens is 1. The van der Waals surface area contributed by atoms with E-state index >= 15 is 0 Å². The first-order chi connectivity index (χ1) is 9.22. The molecule has 0 aromatic carbocycles. The van der Waals surface area contributed by atoms with Gasteiger partial charge in [-0.3, -0.25) is 4.90 Å². The van der Waals surface area contributed by atoms with Crippen molar-refractivity contribution in [1.29, 1.82) is 0 Å². The lowest BCUT2D eigenvalue weighted by Gasteiger charge is -2.19. The molecule has 3 heterocycles. The van der Waals surface area contributed by atoms with E-state index < -0.39 is 0 Å². The van der Waals surface area contributed by atoms with Crippen molar-refractivity contribution in [3.05, 3.63) is 23.4 Å². The average Bonchev–Trinajstić information content (AvgIpc) is 3.01. The van der Waals surface area contributed by atoms with Crippen LogP contribution in [0.25, 0.3) is 0 Å². The quantitative estimate of drug-likeness (QED) is 0.841. The Kier molecular flexibility index (Phi) is 3.68. The number of nitrogens with two attached hydrogens (primary N) is 1. The van der Waals surface area contributed by atoms with Crippen LogP contribution in [-0.2, 0) is 11.3 Å². The normalized spacial score (nSPS) is 28.1. The van der Waals surface area contributed by atoms with Gasteiger partial charge in [-0.15, -0.1) is 0 Å². The number of pyridine rings is 1. The van der Waals surface area contributed by atoms with Gasteiger partial charge in [-0.25, -0.2) is 4.98 Å². The monoisotopic (exact) mass is 263 g/mol. The Balaban J connectivity index is 1.79. The maximum Gasteiger partial charge on any atom is 0.123 e. The van der Waals surface area contributed by atoms with Crippen LogP contribution in [0.4, 0.5) is 5.82 Å². The van der Waals surface area contributed by atoms with Crippen LogP contribution in [0.2, 0.25) is 0 Å². The number of aliphatic hydroxyl groups excluding tert-OH is 1. The molecule has 2 fully saturated rings. The highest BCUT2D eigenvalue weighted by atomic mass is 16.5. The van der Waals surface area contributed by atoms with Crippen LogP contribution in [0.15, 0.2) is 12.1 Å². The molecule has 0 bridgehead atoms. The van der Waals surface area contributed by atoms with Crippen molar-refractivity contribution >= 4 is 5.82 Å². The fraction of sp³-hybridized carbons (Fsp3) is 0.643. The summed E-state index contributed by atoms with van der Waals surface area (Å²) in [6, 6.07) is 3.96. The lowest BCUT2D eigenvalue weighted by molar-refractivity contribution is 0.174. The number of hydrogen-bond donors (Lipinski definition) is 2. The van der Waals surface area contributed by atoms with Crippen LogP contribution in [0.1, 0.15) is 30.0 Å². The summed E-state index contributed by atoms with van der Waals surface area (Å²) >= 11 is 0. The Bertz CT molecular complexity index is 446. The van der Waals surface area contributed by atoms with Crippen molar-refractivity contribution in [2.45, 2.75) is 31.4 Å². The molecule has 104 valence electrons. The van der Waals surface area contributed by atoms with Gasteiger partial charge in [0.2, 0.25) is 0 Å². The van der Waals surface area contributed by atoms with E-state index in [0.717, 1.165) is 51.4 Å². The molecule has 2 atom stereocenters. The predicted octanol–water partition coefficient (Wildman–Crippen LogP) is 0.734. The summed E-state index contributed by atoms with van der Waals surface area (Å²) in [5.74, 6) is 1.01. The maximum absolute atomic E-state index is 9.61. The van der Waals surface area contributed by atoms with Crippen LogP contribution in [0.5, 0.6) is 0 Å². The average molecular weight is 263 g/mol. The third-order valence-corrected chi connectivity index (χ3v) is 4.02. The van der Waals surface area contributed by atoms with Gasteiger partial charge in [0.1, 0.15) is 5.82 Å². The van der Waals surface area contributed by atoms with Crippen molar-refractivity contribution < 1.29 is 9.84 Å². The van der Waals surface area contributed by atoms with E-state index in [0.29, 0.717) is 11.7 Å². The molecule has 5 nitrogen and oxygen atoms in total. The number of hydrogen-bond acceptors (Lipinski definition) is 5. The first kappa shape index (κ1) is 12.8. The van der Waals surface area contributed by atoms with Gasteiger partial charge in [0, 0.05) is 32.2 Å². The van der Waals surface area contributed by atoms with E-state index in [1.165, 1.54) is 5.56 Å². The molecule has 0 unspecified atom stereocenters. The Morgan fingerprint density at radius 2 is 2.32 bits per heavy atom. The summed E-state index contributed by atoms with van der Waals surface area (Å²) in [7, 11) is 0. The summed E-state index contributed by atoms with van der Waals surface area (Å²) in [5.41, 5.74) is 8.12. The highest BCUT2D eigenvalue weighted by Crippen LogP contribution is 2.29. The minimum Gasteiger partial charge on any atom is -0.392 e. The molecule has 2 aliphatic rings. The first-order valence-corrected chi connectivity index (χ1v) is 6.96. The Hall–Kier alpha value is -1.17. The third-order valence-electron chi connectivity index (χ3n) is 4.02. The molecule has 3 rings (SSSR count). The van der Waals surface area contributed by atoms with E-state index in [2.05, 4.69) is 16.0 Å². The Labute approximate surface area is 113 Å². The van der Waals surface area contributed by atoms with E-state index in [1.54, 1.807) is 0 Å². The molecule has 1 aromatic rings. The SMILES string of the molecule is Nc1ccc([C@H]2CCOC2)c(CN2CC[C@H](O)C2)n1. The highest BCUT2D eigenvalue weighted by Gasteiger charge is 2.25. The van der Waals surface area contributed by atoms with E-state index in [9.17, 15) is 5.11 Å². The number of rotatable bonds is 3. The largest absolute Gasteiger partial charge is 0.392 e. The fourth-order valence-corrected chi connectivity index (χ4v) is 2.97. The number of anilines is 1. The third kappa shape index (κ3) is 2.88. The fourth-order valence-electron chi connectivity index (χ4n) is 2.97. The molecular weight excluding hydrogens is 242 g/mol. The van der Waals surface area contributed by atoms with Crippen molar-refractivity contribution in [2.75, 3.05) is 32.0 Å². The van der Waals surface area contributed by atoms with E-state index in [1.807, 2.05) is 6.07 Å². The first-order valence-electron chi connectivity index (χ1n) is 6.96. The zero-order chi connectivity index (χ0) is 13.2. The summed E-state index contributed by atoms with van der Waals surface area (Å²) in [6.45, 7) is 4.04. The van der Waals surface area contributed by atoms with Crippen LogP contribution in [0, 0.1) is 0 Å². The molecule has 0 saturated carbocycles. The van der Waals surface area contributed by atoms with Crippen LogP contribution in [-0.4, -0.2) is 47.4 Å². The number of nitrogens with zero attached hydrogens (tertiary/aromatic N) is 2. The van der Waals surface area contributed by atoms with E-state index in [4.69, 9.17) is 10.5 Å². The highest BCUT2D eigenvalue weighted by molar-refractivity contribution is 5.36. The van der Waals surface area contributed by atoms with Gasteiger partial charge >= 0.3 is 0 Å². The van der Waals surface area contributed by atoms with Gasteiger partial charge in [-0.05, 0) is 24.5 Å². The topological polar surface area (TPSA) is 71.6 Å². The minimum atomic E-state index is -0.195. The summed E-state index contributed by atoms with van der Waals surface area (Å²) in [4.78, 5) is 6.75. The Morgan fingerprint density at radius 3 is 3.00 bits per heavy atom. The zero-order valence-corrected chi connectivity index (χ0v) is 11.1. The molecule has 0 spiro atoms. The van der Waals surface area contributed by atoms with Crippen molar-refractivity contribution in [3.8, 4) is 0 Å². The molecule has 0 amide bonds. The van der Waals surface area contributed by atoms with Crippen molar-refractivity contribution in [1.82, 2.24) is 9.88 Å². The van der Waals surface area contributed by atoms with Crippen molar-refractivity contribution in [2.24, 2.45) is 0 Å². The number of ether oxygens (including phenoxy) is 1. The van der Waals surface area contributed by atoms with Crippen molar-refractivity contribution in [3.63, 3.8) is 0 Å². The molecule has 5 heteroatoms. The van der Waals surface area contributed by atoms with Crippen LogP contribution in [0.3, 0.4) is 0 Å². The molecule has 1 aromatic heterocycles.